The van der Waals surface area contributed by atoms with Gasteiger partial charge in [-0.15, -0.1) is 0 Å². The molecule has 2 aromatic carbocycles. The summed E-state index contributed by atoms with van der Waals surface area (Å²) in [7, 11) is 1.70. The quantitative estimate of drug-likeness (QED) is 0.369. The second-order valence-electron chi connectivity index (χ2n) is 9.36. The molecule has 4 rings (SSSR count). The van der Waals surface area contributed by atoms with Crippen molar-refractivity contribution in [2.24, 2.45) is 0 Å². The molecule has 1 aliphatic heterocycles. The summed E-state index contributed by atoms with van der Waals surface area (Å²) in [6, 6.07) is 10.3. The fourth-order valence-corrected chi connectivity index (χ4v) is 4.46. The van der Waals surface area contributed by atoms with Crippen LogP contribution >= 0.6 is 0 Å². The molecule has 0 radical (unpaired) electrons. The highest BCUT2D eigenvalue weighted by atomic mass is 19.1. The Hall–Kier alpha value is -3.83. The number of fused-ring (bicyclic) bond motifs is 1. The van der Waals surface area contributed by atoms with Crippen molar-refractivity contribution in [2.45, 2.75) is 33.9 Å². The first-order chi connectivity index (χ1) is 18.2. The number of halogens is 1. The molecule has 1 aromatic heterocycles. The van der Waals surface area contributed by atoms with Gasteiger partial charge in [0.25, 0.3) is 11.8 Å². The number of amides is 2. The Labute approximate surface area is 221 Å². The van der Waals surface area contributed by atoms with Crippen LogP contribution in [0.2, 0.25) is 0 Å². The summed E-state index contributed by atoms with van der Waals surface area (Å²) in [4.78, 5) is 32.3. The number of anilines is 1. The number of nitrogens with zero attached hydrogens (tertiary/aromatic N) is 5. The third-order valence-corrected chi connectivity index (χ3v) is 6.51. The van der Waals surface area contributed by atoms with Gasteiger partial charge in [-0.05, 0) is 67.4 Å². The van der Waals surface area contributed by atoms with E-state index in [0.29, 0.717) is 37.9 Å². The van der Waals surface area contributed by atoms with E-state index < -0.39 is 0 Å². The van der Waals surface area contributed by atoms with E-state index in [9.17, 15) is 14.0 Å². The number of carbonyl (C=O) groups excluding carboxylic acids is 2. The van der Waals surface area contributed by atoms with Crippen molar-refractivity contribution in [1.29, 1.82) is 0 Å². The molecule has 0 atom stereocenters. The van der Waals surface area contributed by atoms with Crippen LogP contribution in [0, 0.1) is 19.7 Å². The van der Waals surface area contributed by atoms with Gasteiger partial charge in [0.05, 0.1) is 13.1 Å². The van der Waals surface area contributed by atoms with Crippen LogP contribution < -0.4 is 15.5 Å². The van der Waals surface area contributed by atoms with E-state index in [0.717, 1.165) is 34.5 Å². The van der Waals surface area contributed by atoms with E-state index >= 15 is 0 Å². The molecule has 202 valence electrons. The molecule has 2 amide bonds. The predicted molar refractivity (Wildman–Crippen MR) is 141 cm³/mol. The minimum absolute atomic E-state index is 0.0109. The summed E-state index contributed by atoms with van der Waals surface area (Å²) in [6.07, 6.45) is 0. The largest absolute Gasteiger partial charge is 0.353 e. The number of rotatable bonds is 11. The standard InChI is InChI=1S/C27H34FN7O3/c1-5-29-10-11-30-25(36)16-34(24-9-7-20(12-18(24)2)27-31-19(3)32-38-27)17-26(37)33(4)35-14-21-6-8-23(28)13-22(21)15-35/h6-9,12-13,29H,5,10-11,14-17H2,1-4H3,(H,30,36). The molecule has 3 aromatic rings. The third kappa shape index (κ3) is 6.53. The first-order valence-electron chi connectivity index (χ1n) is 12.7. The lowest BCUT2D eigenvalue weighted by atomic mass is 10.1. The molecule has 0 spiro atoms. The van der Waals surface area contributed by atoms with Crippen molar-refractivity contribution in [3.05, 3.63) is 64.7 Å². The summed E-state index contributed by atoms with van der Waals surface area (Å²) in [5, 5.41) is 13.3. The van der Waals surface area contributed by atoms with Crippen LogP contribution in [0.25, 0.3) is 11.5 Å². The molecule has 0 saturated heterocycles. The predicted octanol–water partition coefficient (Wildman–Crippen LogP) is 2.41. The minimum Gasteiger partial charge on any atom is -0.353 e. The first kappa shape index (κ1) is 27.2. The van der Waals surface area contributed by atoms with Crippen molar-refractivity contribution < 1.29 is 18.5 Å². The van der Waals surface area contributed by atoms with E-state index in [1.807, 2.05) is 37.1 Å². The Morgan fingerprint density at radius 3 is 2.58 bits per heavy atom. The van der Waals surface area contributed by atoms with Crippen LogP contribution in [0.5, 0.6) is 0 Å². The van der Waals surface area contributed by atoms with Gasteiger partial charge in [0, 0.05) is 44.5 Å². The number of aromatic nitrogens is 2. The normalized spacial score (nSPS) is 12.9. The second-order valence-corrected chi connectivity index (χ2v) is 9.36. The van der Waals surface area contributed by atoms with Crippen molar-refractivity contribution in [2.75, 3.05) is 44.7 Å². The zero-order valence-corrected chi connectivity index (χ0v) is 22.3. The Morgan fingerprint density at radius 1 is 1.08 bits per heavy atom. The van der Waals surface area contributed by atoms with Crippen molar-refractivity contribution in [3.8, 4) is 11.5 Å². The maximum Gasteiger partial charge on any atom is 0.257 e. The molecule has 0 saturated carbocycles. The van der Waals surface area contributed by atoms with Crippen molar-refractivity contribution in [1.82, 2.24) is 30.8 Å². The van der Waals surface area contributed by atoms with Crippen molar-refractivity contribution >= 4 is 17.5 Å². The SMILES string of the molecule is CCNCCNC(=O)CN(CC(=O)N(C)N1Cc2ccc(F)cc2C1)c1ccc(-c2nc(C)no2)cc1C. The zero-order valence-electron chi connectivity index (χ0n) is 22.3. The molecule has 10 nitrogen and oxygen atoms in total. The Balaban J connectivity index is 1.50. The van der Waals surface area contributed by atoms with Gasteiger partial charge in [0.15, 0.2) is 5.82 Å². The summed E-state index contributed by atoms with van der Waals surface area (Å²) in [5.74, 6) is 0.289. The van der Waals surface area contributed by atoms with E-state index in [-0.39, 0.29) is 30.7 Å². The Morgan fingerprint density at radius 2 is 1.87 bits per heavy atom. The van der Waals surface area contributed by atoms with Crippen LogP contribution in [0.15, 0.2) is 40.9 Å². The molecule has 38 heavy (non-hydrogen) atoms. The smallest absolute Gasteiger partial charge is 0.257 e. The van der Waals surface area contributed by atoms with Gasteiger partial charge in [0.1, 0.15) is 5.82 Å². The van der Waals surface area contributed by atoms with Gasteiger partial charge in [0.2, 0.25) is 5.91 Å². The third-order valence-electron chi connectivity index (χ3n) is 6.51. The average molecular weight is 524 g/mol. The van der Waals surface area contributed by atoms with Crippen LogP contribution in [-0.2, 0) is 22.7 Å². The highest BCUT2D eigenvalue weighted by Crippen LogP contribution is 2.28. The fourth-order valence-electron chi connectivity index (χ4n) is 4.46. The van der Waals surface area contributed by atoms with Crippen LogP contribution in [0.3, 0.4) is 0 Å². The lowest BCUT2D eigenvalue weighted by Crippen LogP contribution is -2.48. The van der Waals surface area contributed by atoms with Gasteiger partial charge in [-0.1, -0.05) is 18.1 Å². The lowest BCUT2D eigenvalue weighted by molar-refractivity contribution is -0.145. The lowest BCUT2D eigenvalue weighted by Gasteiger charge is -2.32. The molecule has 0 fully saturated rings. The minimum atomic E-state index is -0.291. The molecule has 0 bridgehead atoms. The highest BCUT2D eigenvalue weighted by Gasteiger charge is 2.27. The van der Waals surface area contributed by atoms with Gasteiger partial charge in [-0.3, -0.25) is 14.6 Å². The maximum absolute atomic E-state index is 13.7. The van der Waals surface area contributed by atoms with E-state index in [1.54, 1.807) is 29.9 Å². The number of hydrazine groups is 1. The molecule has 0 aliphatic carbocycles. The van der Waals surface area contributed by atoms with Crippen LogP contribution in [0.4, 0.5) is 10.1 Å². The Kier molecular flexibility index (Phi) is 8.70. The number of hydrogen-bond acceptors (Lipinski definition) is 8. The van der Waals surface area contributed by atoms with Crippen LogP contribution in [0.1, 0.15) is 29.4 Å². The zero-order chi connectivity index (χ0) is 27.2. The van der Waals surface area contributed by atoms with Gasteiger partial charge < -0.3 is 20.1 Å². The number of likely N-dealkylation sites (N-methyl/N-ethyl adjacent to an activating group) is 2. The second kappa shape index (κ2) is 12.1. The van der Waals surface area contributed by atoms with Gasteiger partial charge in [-0.25, -0.2) is 9.40 Å². The number of benzene rings is 2. The summed E-state index contributed by atoms with van der Waals surface area (Å²) < 4.78 is 19.0. The van der Waals surface area contributed by atoms with Crippen molar-refractivity contribution in [3.63, 3.8) is 0 Å². The number of hydrogen-bond donors (Lipinski definition) is 2. The molecular formula is C27H34FN7O3. The number of carbonyl (C=O) groups is 2. The molecule has 2 N–H and O–H groups in total. The molecule has 2 heterocycles. The first-order valence-corrected chi connectivity index (χ1v) is 12.7. The van der Waals surface area contributed by atoms with Gasteiger partial charge in [-0.2, -0.15) is 4.98 Å². The number of nitrogens with one attached hydrogen (secondary N) is 2. The highest BCUT2D eigenvalue weighted by molar-refractivity contribution is 5.87. The van der Waals surface area contributed by atoms with Gasteiger partial charge >= 0.3 is 0 Å². The topological polar surface area (TPSA) is 107 Å². The molecule has 11 heteroatoms. The van der Waals surface area contributed by atoms with E-state index in [2.05, 4.69) is 20.8 Å². The summed E-state index contributed by atoms with van der Waals surface area (Å²) in [6.45, 7) is 8.60. The maximum atomic E-state index is 13.7. The average Bonchev–Trinajstić information content (AvgIpc) is 3.51. The van der Waals surface area contributed by atoms with E-state index in [4.69, 9.17) is 4.52 Å². The molecular weight excluding hydrogens is 489 g/mol. The fraction of sp³-hybridized carbons (Fsp3) is 0.407. The Bertz CT molecular complexity index is 1300. The number of aryl methyl sites for hydroxylation is 2. The monoisotopic (exact) mass is 523 g/mol. The summed E-state index contributed by atoms with van der Waals surface area (Å²) in [5.41, 5.74) is 4.22. The molecule has 1 aliphatic rings. The van der Waals surface area contributed by atoms with E-state index in [1.165, 1.54) is 12.1 Å². The summed E-state index contributed by atoms with van der Waals surface area (Å²) >= 11 is 0. The van der Waals surface area contributed by atoms with Crippen LogP contribution in [-0.4, -0.2) is 71.7 Å². The molecule has 0 unspecified atom stereocenters.